The second-order valence-corrected chi connectivity index (χ2v) is 9.97. The minimum absolute atomic E-state index is 0.230. The zero-order valence-electron chi connectivity index (χ0n) is 19.9. The van der Waals surface area contributed by atoms with Crippen molar-refractivity contribution >= 4 is 12.2 Å². The number of benzene rings is 1. The highest BCUT2D eigenvalue weighted by Gasteiger charge is 2.32. The van der Waals surface area contributed by atoms with Gasteiger partial charge in [-0.2, -0.15) is 0 Å². The number of likely N-dealkylation sites (tertiary alicyclic amines) is 2. The summed E-state index contributed by atoms with van der Waals surface area (Å²) < 4.78 is 11.2. The normalized spacial score (nSPS) is 19.6. The van der Waals surface area contributed by atoms with Gasteiger partial charge in [0.15, 0.2) is 0 Å². The van der Waals surface area contributed by atoms with Crippen molar-refractivity contribution in [3.8, 4) is 0 Å². The zero-order valence-corrected chi connectivity index (χ0v) is 19.9. The smallest absolute Gasteiger partial charge is 0.410 e. The summed E-state index contributed by atoms with van der Waals surface area (Å²) in [5, 5.41) is 0. The van der Waals surface area contributed by atoms with Crippen molar-refractivity contribution in [1.82, 2.24) is 14.7 Å². The molecule has 2 amide bonds. The van der Waals surface area contributed by atoms with E-state index in [0.29, 0.717) is 26.2 Å². The van der Waals surface area contributed by atoms with Crippen molar-refractivity contribution in [3.63, 3.8) is 0 Å². The quantitative estimate of drug-likeness (QED) is 0.624. The summed E-state index contributed by atoms with van der Waals surface area (Å²) in [7, 11) is 0. The molecule has 0 saturated carbocycles. The van der Waals surface area contributed by atoms with Gasteiger partial charge in [0.2, 0.25) is 0 Å². The number of carbonyl (C=O) groups excluding carboxylic acids is 2. The van der Waals surface area contributed by atoms with Crippen LogP contribution >= 0.6 is 0 Å². The Hall–Kier alpha value is -2.28. The number of nitrogens with zero attached hydrogens (tertiary/aromatic N) is 3. The van der Waals surface area contributed by atoms with Crippen molar-refractivity contribution in [1.29, 1.82) is 0 Å². The molecule has 7 nitrogen and oxygen atoms in total. The first kappa shape index (κ1) is 24.4. The van der Waals surface area contributed by atoms with Crippen LogP contribution in [-0.2, 0) is 16.1 Å². The maximum Gasteiger partial charge on any atom is 0.410 e. The number of hydrogen-bond acceptors (Lipinski definition) is 5. The first-order chi connectivity index (χ1) is 15.3. The Balaban J connectivity index is 1.55. The molecule has 7 heteroatoms. The van der Waals surface area contributed by atoms with E-state index in [4.69, 9.17) is 9.47 Å². The molecule has 2 fully saturated rings. The van der Waals surface area contributed by atoms with Crippen molar-refractivity contribution < 1.29 is 19.1 Å². The lowest BCUT2D eigenvalue weighted by atomic mass is 10.1. The summed E-state index contributed by atoms with van der Waals surface area (Å²) >= 11 is 0. The summed E-state index contributed by atoms with van der Waals surface area (Å²) in [5.74, 6) is 0.230. The van der Waals surface area contributed by atoms with Crippen LogP contribution in [0.1, 0.15) is 52.0 Å². The third-order valence-corrected chi connectivity index (χ3v) is 6.01. The van der Waals surface area contributed by atoms with Gasteiger partial charge in [0.05, 0.1) is 0 Å². The van der Waals surface area contributed by atoms with Crippen LogP contribution in [0, 0.1) is 5.92 Å². The lowest BCUT2D eigenvalue weighted by Gasteiger charge is -2.31. The molecule has 0 aliphatic carbocycles. The molecule has 0 spiro atoms. The molecule has 2 aliphatic heterocycles. The monoisotopic (exact) mass is 445 g/mol. The number of hydrogen-bond donors (Lipinski definition) is 0. The van der Waals surface area contributed by atoms with E-state index in [1.54, 1.807) is 4.90 Å². The highest BCUT2D eigenvalue weighted by molar-refractivity contribution is 5.69. The molecule has 1 atom stereocenters. The second-order valence-electron chi connectivity index (χ2n) is 9.97. The van der Waals surface area contributed by atoms with E-state index in [1.807, 2.05) is 56.0 Å². The van der Waals surface area contributed by atoms with Crippen LogP contribution < -0.4 is 0 Å². The van der Waals surface area contributed by atoms with E-state index in [9.17, 15) is 9.59 Å². The molecule has 0 bridgehead atoms. The topological polar surface area (TPSA) is 62.3 Å². The molecular weight excluding hydrogens is 406 g/mol. The molecule has 1 aromatic rings. The van der Waals surface area contributed by atoms with Gasteiger partial charge in [0.1, 0.15) is 12.2 Å². The van der Waals surface area contributed by atoms with Crippen molar-refractivity contribution in [3.05, 3.63) is 35.9 Å². The minimum Gasteiger partial charge on any atom is -0.445 e. The fourth-order valence-electron chi connectivity index (χ4n) is 4.30. The van der Waals surface area contributed by atoms with E-state index in [-0.39, 0.29) is 24.7 Å². The Morgan fingerprint density at radius 1 is 1.06 bits per heavy atom. The van der Waals surface area contributed by atoms with Gasteiger partial charge in [-0.25, -0.2) is 9.59 Å². The van der Waals surface area contributed by atoms with Gasteiger partial charge in [-0.1, -0.05) is 36.8 Å². The number of ether oxygens (including phenoxy) is 2. The van der Waals surface area contributed by atoms with Gasteiger partial charge in [-0.3, -0.25) is 0 Å². The molecule has 2 aliphatic rings. The lowest BCUT2D eigenvalue weighted by molar-refractivity contribution is 0.0284. The Kier molecular flexibility index (Phi) is 8.79. The Morgan fingerprint density at radius 2 is 1.78 bits per heavy atom. The highest BCUT2D eigenvalue weighted by Crippen LogP contribution is 2.21. The van der Waals surface area contributed by atoms with Gasteiger partial charge < -0.3 is 24.2 Å². The van der Waals surface area contributed by atoms with Gasteiger partial charge in [-0.15, -0.1) is 0 Å². The van der Waals surface area contributed by atoms with Crippen molar-refractivity contribution in [2.45, 2.75) is 58.7 Å². The predicted octanol–water partition coefficient (Wildman–Crippen LogP) is 4.37. The van der Waals surface area contributed by atoms with E-state index in [0.717, 1.165) is 31.6 Å². The second kappa shape index (κ2) is 11.5. The van der Waals surface area contributed by atoms with Crippen LogP contribution in [0.25, 0.3) is 0 Å². The minimum atomic E-state index is -0.503. The zero-order chi connectivity index (χ0) is 23.0. The van der Waals surface area contributed by atoms with E-state index in [1.165, 1.54) is 19.3 Å². The fraction of sp³-hybridized carbons (Fsp3) is 0.680. The van der Waals surface area contributed by atoms with Crippen LogP contribution in [0.15, 0.2) is 30.3 Å². The van der Waals surface area contributed by atoms with Crippen LogP contribution in [0.2, 0.25) is 0 Å². The molecule has 0 unspecified atom stereocenters. The molecular formula is C25H39N3O4. The number of piperidine rings is 1. The molecule has 3 rings (SSSR count). The third-order valence-electron chi connectivity index (χ3n) is 6.01. The van der Waals surface area contributed by atoms with Gasteiger partial charge in [0, 0.05) is 32.7 Å². The standard InChI is InChI=1S/C25H39N3O4/c1-25(2,3)32-24(30)27-15-12-22(18-27)19-28(17-16-26-13-8-5-9-14-26)23(29)31-20-21-10-6-4-7-11-21/h4,6-7,10-11,22H,5,8-9,12-20H2,1-3H3/t22-/m0/s1. The molecule has 2 saturated heterocycles. The molecule has 2 heterocycles. The number of rotatable bonds is 7. The molecule has 0 radical (unpaired) electrons. The van der Waals surface area contributed by atoms with Crippen LogP contribution in [0.5, 0.6) is 0 Å². The Labute approximate surface area is 192 Å². The average molecular weight is 446 g/mol. The van der Waals surface area contributed by atoms with Crippen LogP contribution in [0.3, 0.4) is 0 Å². The summed E-state index contributed by atoms with van der Waals surface area (Å²) in [4.78, 5) is 31.4. The SMILES string of the molecule is CC(C)(C)OC(=O)N1CC[C@H](CN(CCN2CCCCC2)C(=O)OCc2ccccc2)C1. The molecule has 0 aromatic heterocycles. The number of carbonyl (C=O) groups is 2. The maximum absolute atomic E-state index is 13.0. The maximum atomic E-state index is 13.0. The van der Waals surface area contributed by atoms with Gasteiger partial charge in [0.25, 0.3) is 0 Å². The third kappa shape index (κ3) is 8.01. The Morgan fingerprint density at radius 3 is 2.47 bits per heavy atom. The summed E-state index contributed by atoms with van der Waals surface area (Å²) in [5.41, 5.74) is 0.477. The highest BCUT2D eigenvalue weighted by atomic mass is 16.6. The first-order valence-electron chi connectivity index (χ1n) is 12.0. The van der Waals surface area contributed by atoms with E-state index >= 15 is 0 Å². The summed E-state index contributed by atoms with van der Waals surface area (Å²) in [6.45, 7) is 11.5. The molecule has 178 valence electrons. The molecule has 32 heavy (non-hydrogen) atoms. The predicted molar refractivity (Wildman–Crippen MR) is 124 cm³/mol. The molecule has 1 aromatic carbocycles. The summed E-state index contributed by atoms with van der Waals surface area (Å²) in [6, 6.07) is 9.76. The van der Waals surface area contributed by atoms with Crippen molar-refractivity contribution in [2.75, 3.05) is 45.8 Å². The fourth-order valence-corrected chi connectivity index (χ4v) is 4.30. The van der Waals surface area contributed by atoms with Crippen LogP contribution in [0.4, 0.5) is 9.59 Å². The molecule has 0 N–H and O–H groups in total. The van der Waals surface area contributed by atoms with Crippen LogP contribution in [-0.4, -0.2) is 78.3 Å². The Bertz CT molecular complexity index is 728. The van der Waals surface area contributed by atoms with Gasteiger partial charge >= 0.3 is 12.2 Å². The van der Waals surface area contributed by atoms with E-state index in [2.05, 4.69) is 4.90 Å². The van der Waals surface area contributed by atoms with Crippen molar-refractivity contribution in [2.24, 2.45) is 5.92 Å². The average Bonchev–Trinajstić information content (AvgIpc) is 3.24. The first-order valence-corrected chi connectivity index (χ1v) is 12.0. The largest absolute Gasteiger partial charge is 0.445 e. The summed E-state index contributed by atoms with van der Waals surface area (Å²) in [6.07, 6.45) is 4.07. The number of amides is 2. The lowest BCUT2D eigenvalue weighted by Crippen LogP contribution is -2.43. The van der Waals surface area contributed by atoms with E-state index < -0.39 is 5.60 Å². The van der Waals surface area contributed by atoms with Gasteiger partial charge in [-0.05, 0) is 64.6 Å².